The fourth-order valence-electron chi connectivity index (χ4n) is 4.74. The molecule has 2 aromatic carbocycles. The Bertz CT molecular complexity index is 981. The molecule has 1 fully saturated rings. The van der Waals surface area contributed by atoms with E-state index in [2.05, 4.69) is 6.92 Å². The van der Waals surface area contributed by atoms with Gasteiger partial charge in [-0.3, -0.25) is 4.79 Å². The van der Waals surface area contributed by atoms with Crippen molar-refractivity contribution >= 4 is 11.8 Å². The Morgan fingerprint density at radius 2 is 1.79 bits per heavy atom. The number of ether oxygens (including phenoxy) is 3. The van der Waals surface area contributed by atoms with Gasteiger partial charge < -0.3 is 19.3 Å². The van der Waals surface area contributed by atoms with Crippen LogP contribution in [0, 0.1) is 5.92 Å². The Kier molecular flexibility index (Phi) is 4.73. The highest BCUT2D eigenvalue weighted by molar-refractivity contribution is 6.15. The maximum atomic E-state index is 13.5. The van der Waals surface area contributed by atoms with E-state index in [4.69, 9.17) is 14.2 Å². The summed E-state index contributed by atoms with van der Waals surface area (Å²) in [6.07, 6.45) is 3.52. The Hall–Kier alpha value is -3.02. The molecule has 1 aliphatic carbocycles. The lowest BCUT2D eigenvalue weighted by atomic mass is 9.81. The van der Waals surface area contributed by atoms with E-state index < -0.39 is 5.97 Å². The number of carboxylic acids is 1. The van der Waals surface area contributed by atoms with Gasteiger partial charge in [0.05, 0.1) is 14.2 Å². The zero-order valence-corrected chi connectivity index (χ0v) is 16.8. The molecule has 1 heterocycles. The summed E-state index contributed by atoms with van der Waals surface area (Å²) in [6.45, 7) is 2.06. The third-order valence-electron chi connectivity index (χ3n) is 6.22. The largest absolute Gasteiger partial charge is 0.495 e. The van der Waals surface area contributed by atoms with Crippen LogP contribution in [0.25, 0.3) is 0 Å². The van der Waals surface area contributed by atoms with Crippen molar-refractivity contribution in [1.29, 1.82) is 0 Å². The second-order valence-corrected chi connectivity index (χ2v) is 7.83. The molecule has 6 heteroatoms. The molecule has 2 aromatic rings. The van der Waals surface area contributed by atoms with Crippen LogP contribution in [-0.4, -0.2) is 36.7 Å². The van der Waals surface area contributed by atoms with E-state index in [0.29, 0.717) is 23.3 Å². The van der Waals surface area contributed by atoms with Gasteiger partial charge in [0, 0.05) is 17.0 Å². The summed E-state index contributed by atoms with van der Waals surface area (Å²) >= 11 is 0. The van der Waals surface area contributed by atoms with Gasteiger partial charge in [-0.25, -0.2) is 4.79 Å². The van der Waals surface area contributed by atoms with Crippen LogP contribution < -0.4 is 14.2 Å². The highest BCUT2D eigenvalue weighted by atomic mass is 16.5. The van der Waals surface area contributed by atoms with Crippen molar-refractivity contribution in [3.8, 4) is 17.2 Å². The summed E-state index contributed by atoms with van der Waals surface area (Å²) in [5, 5.41) is 9.91. The lowest BCUT2D eigenvalue weighted by molar-refractivity contribution is 0.0302. The minimum atomic E-state index is -1.21. The Balaban J connectivity index is 2.03. The molecule has 1 N–H and O–H groups in total. The molecule has 0 saturated heterocycles. The van der Waals surface area contributed by atoms with Gasteiger partial charge in [0.25, 0.3) is 0 Å². The van der Waals surface area contributed by atoms with E-state index in [0.717, 1.165) is 19.3 Å². The fraction of sp³-hybridized carbons (Fsp3) is 0.391. The average molecular weight is 396 g/mol. The summed E-state index contributed by atoms with van der Waals surface area (Å²) in [4.78, 5) is 25.6. The molecule has 0 aromatic heterocycles. The van der Waals surface area contributed by atoms with Gasteiger partial charge in [-0.2, -0.15) is 0 Å². The van der Waals surface area contributed by atoms with Crippen LogP contribution in [-0.2, 0) is 6.42 Å². The molecule has 1 aliphatic heterocycles. The summed E-state index contributed by atoms with van der Waals surface area (Å²) in [5.74, 6) is -0.714. The summed E-state index contributed by atoms with van der Waals surface area (Å²) in [7, 11) is 2.79. The molecular formula is C23H24O6. The van der Waals surface area contributed by atoms with Gasteiger partial charge in [0.1, 0.15) is 28.2 Å². The van der Waals surface area contributed by atoms with E-state index in [-0.39, 0.29) is 39.9 Å². The van der Waals surface area contributed by atoms with E-state index in [1.54, 1.807) is 24.3 Å². The Morgan fingerprint density at radius 1 is 1.10 bits per heavy atom. The fourth-order valence-corrected chi connectivity index (χ4v) is 4.74. The monoisotopic (exact) mass is 396 g/mol. The number of carboxylic acid groups (broad SMARTS) is 1. The molecule has 2 aliphatic rings. The number of hydrogen-bond acceptors (Lipinski definition) is 5. The van der Waals surface area contributed by atoms with Gasteiger partial charge in [0.2, 0.25) is 5.78 Å². The zero-order chi connectivity index (χ0) is 20.8. The first-order chi connectivity index (χ1) is 13.9. The standard InChI is InChI=1S/C23H24O6/c1-23-11-7-10-14(23)12-15-19(27-2)17(22(25)26)21(28-3)16(20(15)29-23)18(24)13-8-5-4-6-9-13/h4-6,8-9,14H,7,10-12H2,1-3H3,(H,25,26). The van der Waals surface area contributed by atoms with Crippen LogP contribution in [0.4, 0.5) is 0 Å². The number of ketones is 1. The average Bonchev–Trinajstić information content (AvgIpc) is 3.10. The lowest BCUT2D eigenvalue weighted by Crippen LogP contribution is -2.41. The first-order valence-electron chi connectivity index (χ1n) is 9.74. The van der Waals surface area contributed by atoms with Crippen LogP contribution in [0.5, 0.6) is 17.2 Å². The number of hydrogen-bond donors (Lipinski definition) is 1. The molecule has 0 radical (unpaired) electrons. The number of benzene rings is 2. The van der Waals surface area contributed by atoms with Gasteiger partial charge in [-0.1, -0.05) is 30.3 Å². The predicted octanol–water partition coefficient (Wildman–Crippen LogP) is 4.13. The molecule has 0 amide bonds. The Morgan fingerprint density at radius 3 is 2.41 bits per heavy atom. The molecule has 2 atom stereocenters. The van der Waals surface area contributed by atoms with Gasteiger partial charge >= 0.3 is 5.97 Å². The smallest absolute Gasteiger partial charge is 0.343 e. The highest BCUT2D eigenvalue weighted by Crippen LogP contribution is 2.54. The number of aromatic carboxylic acids is 1. The number of fused-ring (bicyclic) bond motifs is 2. The second kappa shape index (κ2) is 7.10. The summed E-state index contributed by atoms with van der Waals surface area (Å²) < 4.78 is 17.5. The van der Waals surface area contributed by atoms with Crippen LogP contribution in [0.2, 0.25) is 0 Å². The predicted molar refractivity (Wildman–Crippen MR) is 106 cm³/mol. The third-order valence-corrected chi connectivity index (χ3v) is 6.22. The van der Waals surface area contributed by atoms with Gasteiger partial charge in [0.15, 0.2) is 5.75 Å². The normalized spacial score (nSPS) is 22.2. The number of methoxy groups -OCH3 is 2. The SMILES string of the molecule is COc1c2c(c(C(=O)c3ccccc3)c(OC)c1C(=O)O)OC1(C)CCCC1C2. The van der Waals surface area contributed by atoms with Crippen molar-refractivity contribution in [3.05, 3.63) is 52.6 Å². The second-order valence-electron chi connectivity index (χ2n) is 7.83. The van der Waals surface area contributed by atoms with Crippen LogP contribution in [0.1, 0.15) is 58.0 Å². The van der Waals surface area contributed by atoms with Crippen LogP contribution in [0.3, 0.4) is 0 Å². The van der Waals surface area contributed by atoms with Crippen molar-refractivity contribution in [2.24, 2.45) is 5.92 Å². The molecule has 1 saturated carbocycles. The topological polar surface area (TPSA) is 82.1 Å². The minimum absolute atomic E-state index is 0.0259. The molecule has 0 bridgehead atoms. The molecule has 0 spiro atoms. The van der Waals surface area contributed by atoms with E-state index >= 15 is 0 Å². The Labute approximate surface area is 169 Å². The van der Waals surface area contributed by atoms with Crippen molar-refractivity contribution < 1.29 is 28.9 Å². The van der Waals surface area contributed by atoms with Gasteiger partial charge in [-0.05, 0) is 32.6 Å². The van der Waals surface area contributed by atoms with E-state index in [1.165, 1.54) is 14.2 Å². The lowest BCUT2D eigenvalue weighted by Gasteiger charge is -2.40. The molecule has 6 nitrogen and oxygen atoms in total. The molecule has 29 heavy (non-hydrogen) atoms. The van der Waals surface area contributed by atoms with E-state index in [9.17, 15) is 14.7 Å². The van der Waals surface area contributed by atoms with Gasteiger partial charge in [-0.15, -0.1) is 0 Å². The molecule has 4 rings (SSSR count). The summed E-state index contributed by atoms with van der Waals surface area (Å²) in [5.41, 5.74) is 0.697. The van der Waals surface area contributed by atoms with Crippen molar-refractivity contribution in [2.45, 2.75) is 38.2 Å². The zero-order valence-electron chi connectivity index (χ0n) is 16.8. The molecular weight excluding hydrogens is 372 g/mol. The quantitative estimate of drug-likeness (QED) is 0.766. The maximum Gasteiger partial charge on any atom is 0.343 e. The molecule has 2 unspecified atom stereocenters. The third kappa shape index (κ3) is 2.94. The number of rotatable bonds is 5. The van der Waals surface area contributed by atoms with E-state index in [1.807, 2.05) is 6.07 Å². The number of carbonyl (C=O) groups is 2. The number of carbonyl (C=O) groups excluding carboxylic acids is 1. The van der Waals surface area contributed by atoms with Crippen molar-refractivity contribution in [3.63, 3.8) is 0 Å². The maximum absolute atomic E-state index is 13.5. The minimum Gasteiger partial charge on any atom is -0.495 e. The van der Waals surface area contributed by atoms with Crippen LogP contribution in [0.15, 0.2) is 30.3 Å². The highest BCUT2D eigenvalue weighted by Gasteiger charge is 2.48. The van der Waals surface area contributed by atoms with Crippen LogP contribution >= 0.6 is 0 Å². The first-order valence-corrected chi connectivity index (χ1v) is 9.74. The first kappa shape index (κ1) is 19.3. The van der Waals surface area contributed by atoms with Crippen molar-refractivity contribution in [2.75, 3.05) is 14.2 Å². The summed E-state index contributed by atoms with van der Waals surface area (Å²) in [6, 6.07) is 8.75. The molecule has 152 valence electrons. The van der Waals surface area contributed by atoms with Crippen molar-refractivity contribution in [1.82, 2.24) is 0 Å².